The highest BCUT2D eigenvalue weighted by molar-refractivity contribution is 5.86. The van der Waals surface area contributed by atoms with Gasteiger partial charge in [-0.15, -0.1) is 0 Å². The first-order valence-corrected chi connectivity index (χ1v) is 5.21. The maximum Gasteiger partial charge on any atom is 0.431 e. The number of aryl methyl sites for hydroxylation is 2. The van der Waals surface area contributed by atoms with Crippen molar-refractivity contribution < 1.29 is 13.2 Å². The molecule has 2 aromatic rings. The van der Waals surface area contributed by atoms with Crippen molar-refractivity contribution in [2.45, 2.75) is 19.6 Å². The van der Waals surface area contributed by atoms with Gasteiger partial charge in [-0.2, -0.15) is 13.2 Å². The number of benzene rings is 1. The van der Waals surface area contributed by atoms with Gasteiger partial charge in [0.1, 0.15) is 5.69 Å². The minimum absolute atomic E-state index is 0.116. The van der Waals surface area contributed by atoms with E-state index in [2.05, 4.69) is 0 Å². The number of halogens is 3. The van der Waals surface area contributed by atoms with E-state index < -0.39 is 11.9 Å². The van der Waals surface area contributed by atoms with E-state index in [0.29, 0.717) is 10.9 Å². The lowest BCUT2D eigenvalue weighted by molar-refractivity contribution is -0.143. The van der Waals surface area contributed by atoms with E-state index in [9.17, 15) is 13.2 Å². The van der Waals surface area contributed by atoms with Gasteiger partial charge in [0.05, 0.1) is 0 Å². The summed E-state index contributed by atoms with van der Waals surface area (Å²) < 4.78 is 40.0. The number of rotatable bonds is 1. The molecule has 0 bridgehead atoms. The van der Waals surface area contributed by atoms with Crippen LogP contribution in [0.1, 0.15) is 16.8 Å². The van der Waals surface area contributed by atoms with Crippen LogP contribution in [0.2, 0.25) is 0 Å². The fourth-order valence-corrected chi connectivity index (χ4v) is 2.19. The predicted octanol–water partition coefficient (Wildman–Crippen LogP) is 2.96. The van der Waals surface area contributed by atoms with E-state index in [0.717, 1.165) is 5.56 Å². The number of alkyl halides is 3. The number of hydrogen-bond acceptors (Lipinski definition) is 1. The Hall–Kier alpha value is -1.49. The highest BCUT2D eigenvalue weighted by Crippen LogP contribution is 2.37. The first-order valence-electron chi connectivity index (χ1n) is 5.21. The summed E-state index contributed by atoms with van der Waals surface area (Å²) in [7, 11) is 1.42. The molecule has 0 radical (unpaired) electrons. The van der Waals surface area contributed by atoms with Crippen LogP contribution in [-0.4, -0.2) is 4.57 Å². The molecule has 0 aliphatic heterocycles. The zero-order chi connectivity index (χ0) is 12.8. The summed E-state index contributed by atoms with van der Waals surface area (Å²) in [5.74, 6) is 0. The highest BCUT2D eigenvalue weighted by atomic mass is 19.4. The van der Waals surface area contributed by atoms with Crippen LogP contribution in [0.4, 0.5) is 13.2 Å². The maximum atomic E-state index is 13.0. The monoisotopic (exact) mass is 242 g/mol. The normalized spacial score (nSPS) is 12.4. The lowest BCUT2D eigenvalue weighted by Gasteiger charge is -2.10. The molecule has 0 spiro atoms. The molecule has 1 aromatic heterocycles. The molecule has 0 saturated heterocycles. The Labute approximate surface area is 96.8 Å². The van der Waals surface area contributed by atoms with Gasteiger partial charge in [0.15, 0.2) is 0 Å². The Morgan fingerprint density at radius 3 is 2.47 bits per heavy atom. The van der Waals surface area contributed by atoms with Gasteiger partial charge in [-0.1, -0.05) is 12.1 Å². The topological polar surface area (TPSA) is 30.9 Å². The Kier molecular flexibility index (Phi) is 2.66. The summed E-state index contributed by atoms with van der Waals surface area (Å²) in [6, 6.07) is 5.23. The van der Waals surface area contributed by atoms with Crippen molar-refractivity contribution in [2.24, 2.45) is 12.8 Å². The van der Waals surface area contributed by atoms with Crippen molar-refractivity contribution >= 4 is 10.9 Å². The Morgan fingerprint density at radius 1 is 1.29 bits per heavy atom. The fraction of sp³-hybridized carbons (Fsp3) is 0.333. The van der Waals surface area contributed by atoms with Crippen LogP contribution in [-0.2, 0) is 19.8 Å². The first-order chi connectivity index (χ1) is 7.86. The lowest BCUT2D eigenvalue weighted by atomic mass is 10.1. The highest BCUT2D eigenvalue weighted by Gasteiger charge is 2.37. The molecule has 0 amide bonds. The zero-order valence-electron chi connectivity index (χ0n) is 9.60. The summed E-state index contributed by atoms with van der Waals surface area (Å²) in [4.78, 5) is 0. The van der Waals surface area contributed by atoms with E-state index in [1.165, 1.54) is 11.6 Å². The molecule has 1 aromatic carbocycles. The molecule has 0 saturated carbocycles. The quantitative estimate of drug-likeness (QED) is 0.818. The van der Waals surface area contributed by atoms with Crippen molar-refractivity contribution in [2.75, 3.05) is 0 Å². The van der Waals surface area contributed by atoms with Crippen LogP contribution in [0.25, 0.3) is 10.9 Å². The van der Waals surface area contributed by atoms with Crippen molar-refractivity contribution in [3.8, 4) is 0 Å². The molecule has 5 heteroatoms. The van der Waals surface area contributed by atoms with Crippen molar-refractivity contribution in [1.82, 2.24) is 4.57 Å². The molecule has 0 fully saturated rings. The van der Waals surface area contributed by atoms with Crippen molar-refractivity contribution in [3.05, 3.63) is 35.0 Å². The molecule has 0 atom stereocenters. The Bertz CT molecular complexity index is 567. The average Bonchev–Trinajstić information content (AvgIpc) is 2.51. The number of hydrogen-bond donors (Lipinski definition) is 1. The third-order valence-corrected chi connectivity index (χ3v) is 2.93. The Morgan fingerprint density at radius 2 is 1.94 bits per heavy atom. The molecule has 92 valence electrons. The second-order valence-corrected chi connectivity index (χ2v) is 4.11. The maximum absolute atomic E-state index is 13.0. The predicted molar refractivity (Wildman–Crippen MR) is 60.5 cm³/mol. The molecule has 2 rings (SSSR count). The molecule has 0 aliphatic rings. The number of aromatic nitrogens is 1. The third-order valence-electron chi connectivity index (χ3n) is 2.93. The summed E-state index contributed by atoms with van der Waals surface area (Å²) in [6.45, 7) is 1.73. The molecule has 0 unspecified atom stereocenters. The van der Waals surface area contributed by atoms with E-state index >= 15 is 0 Å². The lowest BCUT2D eigenvalue weighted by Crippen LogP contribution is -2.15. The van der Waals surface area contributed by atoms with Crippen LogP contribution < -0.4 is 5.73 Å². The van der Waals surface area contributed by atoms with Gasteiger partial charge in [-0.25, -0.2) is 0 Å². The fourth-order valence-electron chi connectivity index (χ4n) is 2.19. The van der Waals surface area contributed by atoms with Gasteiger partial charge in [-0.3, -0.25) is 0 Å². The van der Waals surface area contributed by atoms with Crippen LogP contribution in [0.5, 0.6) is 0 Å². The summed E-state index contributed by atoms with van der Waals surface area (Å²) in [5.41, 5.74) is 6.45. The molecular weight excluding hydrogens is 229 g/mol. The smallest absolute Gasteiger partial charge is 0.340 e. The van der Waals surface area contributed by atoms with Gasteiger partial charge >= 0.3 is 6.18 Å². The van der Waals surface area contributed by atoms with Crippen LogP contribution in [0, 0.1) is 6.92 Å². The Balaban J connectivity index is 2.88. The summed E-state index contributed by atoms with van der Waals surface area (Å²) in [6.07, 6.45) is -4.38. The van der Waals surface area contributed by atoms with Gasteiger partial charge < -0.3 is 10.3 Å². The van der Waals surface area contributed by atoms with E-state index in [1.54, 1.807) is 18.2 Å². The van der Waals surface area contributed by atoms with Crippen LogP contribution >= 0.6 is 0 Å². The van der Waals surface area contributed by atoms with Gasteiger partial charge in [0.2, 0.25) is 0 Å². The molecule has 2 N–H and O–H groups in total. The first kappa shape index (κ1) is 12.0. The molecule has 0 aliphatic carbocycles. The molecular formula is C12H13F3N2. The standard InChI is InChI=1S/C12H13F3N2/c1-7-3-4-8-9(6-16)11(12(13,14)15)17(2)10(8)5-7/h3-5H,6,16H2,1-2H3. The largest absolute Gasteiger partial charge is 0.431 e. The van der Waals surface area contributed by atoms with E-state index in [-0.39, 0.29) is 12.1 Å². The summed E-state index contributed by atoms with van der Waals surface area (Å²) in [5, 5.41) is 0.577. The van der Waals surface area contributed by atoms with Gasteiger partial charge in [0.25, 0.3) is 0 Å². The number of nitrogens with two attached hydrogens (primary N) is 1. The summed E-state index contributed by atoms with van der Waals surface area (Å²) >= 11 is 0. The van der Waals surface area contributed by atoms with Crippen LogP contribution in [0.3, 0.4) is 0 Å². The molecule has 17 heavy (non-hydrogen) atoms. The third kappa shape index (κ3) is 1.80. The van der Waals surface area contributed by atoms with Gasteiger partial charge in [-0.05, 0) is 18.6 Å². The second-order valence-electron chi connectivity index (χ2n) is 4.11. The average molecular weight is 242 g/mol. The minimum Gasteiger partial charge on any atom is -0.340 e. The number of fused-ring (bicyclic) bond motifs is 1. The molecule has 1 heterocycles. The van der Waals surface area contributed by atoms with Gasteiger partial charge in [0, 0.05) is 30.1 Å². The van der Waals surface area contributed by atoms with Crippen molar-refractivity contribution in [1.29, 1.82) is 0 Å². The minimum atomic E-state index is -4.38. The van der Waals surface area contributed by atoms with Crippen LogP contribution in [0.15, 0.2) is 18.2 Å². The van der Waals surface area contributed by atoms with Crippen molar-refractivity contribution in [3.63, 3.8) is 0 Å². The number of nitrogens with zero attached hydrogens (tertiary/aromatic N) is 1. The second kappa shape index (κ2) is 3.77. The molecule has 2 nitrogen and oxygen atoms in total. The van der Waals surface area contributed by atoms with E-state index in [1.807, 2.05) is 6.92 Å². The zero-order valence-corrected chi connectivity index (χ0v) is 9.60. The van der Waals surface area contributed by atoms with E-state index in [4.69, 9.17) is 5.73 Å². The SMILES string of the molecule is Cc1ccc2c(CN)c(C(F)(F)F)n(C)c2c1.